The quantitative estimate of drug-likeness (QED) is 0.332. The van der Waals surface area contributed by atoms with E-state index in [1.165, 1.54) is 6.07 Å². The molecule has 0 aliphatic heterocycles. The first-order chi connectivity index (χ1) is 12.8. The number of hydrogen-bond donors (Lipinski definition) is 3. The van der Waals surface area contributed by atoms with Gasteiger partial charge in [-0.05, 0) is 44.2 Å². The average molecular weight is 381 g/mol. The molecule has 150 valence electrons. The normalized spacial score (nSPS) is 13.0. The highest BCUT2D eigenvalue weighted by Crippen LogP contribution is 2.16. The summed E-state index contributed by atoms with van der Waals surface area (Å²) in [6.07, 6.45) is 3.03. The van der Waals surface area contributed by atoms with Gasteiger partial charge in [0.05, 0.1) is 18.8 Å². The summed E-state index contributed by atoms with van der Waals surface area (Å²) in [7, 11) is 0. The smallest absolute Gasteiger partial charge is 0.217 e. The molecule has 0 saturated heterocycles. The third-order valence-corrected chi connectivity index (χ3v) is 4.31. The van der Waals surface area contributed by atoms with Crippen molar-refractivity contribution in [2.24, 2.45) is 11.5 Å². The topological polar surface area (TPSA) is 125 Å². The van der Waals surface area contributed by atoms with Crippen molar-refractivity contribution in [3.63, 3.8) is 0 Å². The number of halogens is 1. The SMILES string of the molecule is C[C@@H](OCc1ccc(CCCCC(N)=O)cc1F)[C@H](CCC(N)=O)NC=O. The molecule has 27 heavy (non-hydrogen) atoms. The highest BCUT2D eigenvalue weighted by atomic mass is 19.1. The summed E-state index contributed by atoms with van der Waals surface area (Å²) in [5.41, 5.74) is 11.5. The molecule has 1 aromatic rings. The summed E-state index contributed by atoms with van der Waals surface area (Å²) in [4.78, 5) is 32.3. The number of rotatable bonds is 14. The fourth-order valence-electron chi connectivity index (χ4n) is 2.67. The van der Waals surface area contributed by atoms with Gasteiger partial charge in [0, 0.05) is 18.4 Å². The van der Waals surface area contributed by atoms with E-state index < -0.39 is 12.0 Å². The van der Waals surface area contributed by atoms with Gasteiger partial charge in [-0.15, -0.1) is 0 Å². The second-order valence-electron chi connectivity index (χ2n) is 6.51. The number of unbranched alkanes of at least 4 members (excludes halogenated alkanes) is 1. The Morgan fingerprint density at radius 2 is 1.93 bits per heavy atom. The molecule has 0 aromatic heterocycles. The zero-order valence-corrected chi connectivity index (χ0v) is 15.6. The van der Waals surface area contributed by atoms with E-state index in [4.69, 9.17) is 16.2 Å². The van der Waals surface area contributed by atoms with E-state index in [1.807, 2.05) is 6.07 Å². The van der Waals surface area contributed by atoms with Gasteiger partial charge in [0.1, 0.15) is 5.82 Å². The molecule has 8 heteroatoms. The first kappa shape index (κ1) is 22.6. The van der Waals surface area contributed by atoms with Gasteiger partial charge < -0.3 is 21.5 Å². The van der Waals surface area contributed by atoms with Crippen molar-refractivity contribution >= 4 is 18.2 Å². The van der Waals surface area contributed by atoms with E-state index in [1.54, 1.807) is 13.0 Å². The largest absolute Gasteiger partial charge is 0.372 e. The van der Waals surface area contributed by atoms with Crippen molar-refractivity contribution in [2.45, 2.75) is 64.2 Å². The molecule has 0 heterocycles. The predicted octanol–water partition coefficient (Wildman–Crippen LogP) is 1.31. The Bertz CT molecular complexity index is 639. The minimum absolute atomic E-state index is 0.0442. The summed E-state index contributed by atoms with van der Waals surface area (Å²) in [6.45, 7) is 1.79. The van der Waals surface area contributed by atoms with Gasteiger partial charge in [0.25, 0.3) is 0 Å². The van der Waals surface area contributed by atoms with Crippen LogP contribution in [0, 0.1) is 5.82 Å². The van der Waals surface area contributed by atoms with Crippen LogP contribution in [0.5, 0.6) is 0 Å². The van der Waals surface area contributed by atoms with E-state index in [2.05, 4.69) is 5.32 Å². The molecule has 0 fully saturated rings. The Hall–Kier alpha value is -2.48. The monoisotopic (exact) mass is 381 g/mol. The first-order valence-electron chi connectivity index (χ1n) is 8.98. The van der Waals surface area contributed by atoms with Crippen molar-refractivity contribution < 1.29 is 23.5 Å². The second-order valence-corrected chi connectivity index (χ2v) is 6.51. The Balaban J connectivity index is 2.53. The highest BCUT2D eigenvalue weighted by molar-refractivity contribution is 5.74. The number of nitrogens with two attached hydrogens (primary N) is 2. The molecule has 1 rings (SSSR count). The molecule has 0 bridgehead atoms. The summed E-state index contributed by atoms with van der Waals surface area (Å²) >= 11 is 0. The Morgan fingerprint density at radius 1 is 1.22 bits per heavy atom. The van der Waals surface area contributed by atoms with E-state index in [0.717, 1.165) is 12.0 Å². The van der Waals surface area contributed by atoms with E-state index in [0.29, 0.717) is 37.7 Å². The lowest BCUT2D eigenvalue weighted by Crippen LogP contribution is -2.39. The zero-order chi connectivity index (χ0) is 20.2. The number of ether oxygens (including phenoxy) is 1. The van der Waals surface area contributed by atoms with Crippen LogP contribution in [0.3, 0.4) is 0 Å². The molecule has 0 saturated carbocycles. The van der Waals surface area contributed by atoms with Gasteiger partial charge in [-0.3, -0.25) is 14.4 Å². The third kappa shape index (κ3) is 9.14. The molecule has 0 unspecified atom stereocenters. The molecule has 2 atom stereocenters. The average Bonchev–Trinajstić information content (AvgIpc) is 2.61. The Labute approximate surface area is 158 Å². The lowest BCUT2D eigenvalue weighted by molar-refractivity contribution is -0.119. The van der Waals surface area contributed by atoms with E-state index in [9.17, 15) is 18.8 Å². The number of carbonyl (C=O) groups is 3. The molecule has 0 aliphatic carbocycles. The Morgan fingerprint density at radius 3 is 2.52 bits per heavy atom. The van der Waals surface area contributed by atoms with Crippen molar-refractivity contribution in [1.29, 1.82) is 0 Å². The zero-order valence-electron chi connectivity index (χ0n) is 15.6. The predicted molar refractivity (Wildman–Crippen MR) is 98.8 cm³/mol. The molecular weight excluding hydrogens is 353 g/mol. The van der Waals surface area contributed by atoms with Crippen LogP contribution < -0.4 is 16.8 Å². The van der Waals surface area contributed by atoms with Gasteiger partial charge >= 0.3 is 0 Å². The number of primary amides is 2. The molecular formula is C19H28FN3O4. The number of nitrogens with one attached hydrogen (secondary N) is 1. The molecule has 1 aromatic carbocycles. The van der Waals surface area contributed by atoms with Crippen LogP contribution in [0.4, 0.5) is 4.39 Å². The fraction of sp³-hybridized carbons (Fsp3) is 0.526. The van der Waals surface area contributed by atoms with Gasteiger partial charge in [0.2, 0.25) is 18.2 Å². The molecule has 0 aliphatic rings. The van der Waals surface area contributed by atoms with Gasteiger partial charge in [-0.1, -0.05) is 12.1 Å². The Kier molecular flexibility index (Phi) is 10.0. The molecule has 0 radical (unpaired) electrons. The maximum atomic E-state index is 14.3. The van der Waals surface area contributed by atoms with Crippen LogP contribution in [0.15, 0.2) is 18.2 Å². The van der Waals surface area contributed by atoms with Crippen LogP contribution >= 0.6 is 0 Å². The van der Waals surface area contributed by atoms with Gasteiger partial charge in [-0.25, -0.2) is 4.39 Å². The standard InChI is InChI=1S/C19H28FN3O4/c1-13(17(23-12-24)8-9-19(22)26)27-11-15-7-6-14(10-16(15)20)4-2-3-5-18(21)25/h6-7,10,12-13,17H,2-5,8-9,11H2,1H3,(H2,21,25)(H2,22,26)(H,23,24)/t13-,17+/m1/s1. The fourth-order valence-corrected chi connectivity index (χ4v) is 2.67. The maximum Gasteiger partial charge on any atom is 0.217 e. The summed E-state index contributed by atoms with van der Waals surface area (Å²) in [5.74, 6) is -1.16. The highest BCUT2D eigenvalue weighted by Gasteiger charge is 2.18. The van der Waals surface area contributed by atoms with Crippen LogP contribution in [-0.4, -0.2) is 30.4 Å². The second kappa shape index (κ2) is 12.0. The molecule has 5 N–H and O–H groups in total. The maximum absolute atomic E-state index is 14.3. The van der Waals surface area contributed by atoms with Crippen molar-refractivity contribution in [2.75, 3.05) is 0 Å². The van der Waals surface area contributed by atoms with Crippen LogP contribution in [-0.2, 0) is 32.1 Å². The molecule has 7 nitrogen and oxygen atoms in total. The number of carbonyl (C=O) groups excluding carboxylic acids is 3. The number of hydrogen-bond acceptors (Lipinski definition) is 4. The van der Waals surface area contributed by atoms with Gasteiger partial charge in [0.15, 0.2) is 0 Å². The lowest BCUT2D eigenvalue weighted by atomic mass is 10.0. The number of amides is 3. The van der Waals surface area contributed by atoms with Crippen molar-refractivity contribution in [3.05, 3.63) is 35.1 Å². The summed E-state index contributed by atoms with van der Waals surface area (Å²) in [5, 5.41) is 2.59. The van der Waals surface area contributed by atoms with Gasteiger partial charge in [-0.2, -0.15) is 0 Å². The van der Waals surface area contributed by atoms with Crippen LogP contribution in [0.2, 0.25) is 0 Å². The van der Waals surface area contributed by atoms with E-state index in [-0.39, 0.29) is 30.8 Å². The lowest BCUT2D eigenvalue weighted by Gasteiger charge is -2.23. The van der Waals surface area contributed by atoms with Crippen LogP contribution in [0.25, 0.3) is 0 Å². The third-order valence-electron chi connectivity index (χ3n) is 4.31. The minimum Gasteiger partial charge on any atom is -0.372 e. The van der Waals surface area contributed by atoms with Crippen molar-refractivity contribution in [3.8, 4) is 0 Å². The molecule has 0 spiro atoms. The summed E-state index contributed by atoms with van der Waals surface area (Å²) in [6, 6.07) is 4.56. The summed E-state index contributed by atoms with van der Waals surface area (Å²) < 4.78 is 19.9. The minimum atomic E-state index is -0.461. The van der Waals surface area contributed by atoms with Crippen LogP contribution in [0.1, 0.15) is 50.2 Å². The number of aryl methyl sites for hydroxylation is 1. The number of benzene rings is 1. The van der Waals surface area contributed by atoms with Crippen molar-refractivity contribution in [1.82, 2.24) is 5.32 Å². The molecule has 3 amide bonds. The van der Waals surface area contributed by atoms with E-state index >= 15 is 0 Å². The first-order valence-corrected chi connectivity index (χ1v) is 8.98.